The van der Waals surface area contributed by atoms with Crippen molar-refractivity contribution < 1.29 is 14.2 Å². The van der Waals surface area contributed by atoms with Gasteiger partial charge in [-0.3, -0.25) is 0 Å². The Morgan fingerprint density at radius 3 is 1.84 bits per heavy atom. The molecule has 5 nitrogen and oxygen atoms in total. The molecule has 0 aliphatic carbocycles. The molecule has 5 heteroatoms. The molecule has 0 saturated heterocycles. The molecule has 1 atom stereocenters. The molecule has 1 rings (SSSR count). The van der Waals surface area contributed by atoms with E-state index in [0.29, 0.717) is 23.8 Å². The molecular weight excluding hydrogens is 244 g/mol. The zero-order valence-electron chi connectivity index (χ0n) is 12.3. The Morgan fingerprint density at radius 1 is 1.05 bits per heavy atom. The van der Waals surface area contributed by atoms with Crippen LogP contribution in [-0.4, -0.2) is 27.9 Å². The first-order valence-electron chi connectivity index (χ1n) is 6.16. The number of rotatable bonds is 6. The normalized spacial score (nSPS) is 13.0. The smallest absolute Gasteiger partial charge is 0.131 e. The molecule has 1 unspecified atom stereocenters. The molecule has 0 amide bonds. The molecule has 0 heterocycles. The van der Waals surface area contributed by atoms with E-state index in [1.165, 1.54) is 0 Å². The molecule has 0 spiro atoms. The van der Waals surface area contributed by atoms with Crippen LogP contribution in [0.1, 0.15) is 25.5 Å². The Bertz CT molecular complexity index is 408. The average Bonchev–Trinajstić information content (AvgIpc) is 2.44. The molecule has 0 radical (unpaired) electrons. The molecule has 0 fully saturated rings. The van der Waals surface area contributed by atoms with Gasteiger partial charge < -0.3 is 25.7 Å². The fourth-order valence-corrected chi connectivity index (χ4v) is 1.86. The van der Waals surface area contributed by atoms with Crippen molar-refractivity contribution in [2.24, 2.45) is 16.9 Å². The maximum Gasteiger partial charge on any atom is 0.131 e. The average molecular weight is 268 g/mol. The summed E-state index contributed by atoms with van der Waals surface area (Å²) >= 11 is 0. The fourth-order valence-electron chi connectivity index (χ4n) is 1.86. The zero-order chi connectivity index (χ0) is 14.6. The van der Waals surface area contributed by atoms with E-state index in [0.717, 1.165) is 5.56 Å². The summed E-state index contributed by atoms with van der Waals surface area (Å²) in [5.74, 6) is 1.95. The molecule has 108 valence electrons. The highest BCUT2D eigenvalue weighted by molar-refractivity contribution is 5.52. The minimum atomic E-state index is -0.298. The predicted octanol–water partition coefficient (Wildman–Crippen LogP) is 1.70. The lowest BCUT2D eigenvalue weighted by Gasteiger charge is -2.32. The van der Waals surface area contributed by atoms with E-state index in [9.17, 15) is 0 Å². The first-order valence-corrected chi connectivity index (χ1v) is 6.16. The van der Waals surface area contributed by atoms with Gasteiger partial charge in [0.1, 0.15) is 17.2 Å². The van der Waals surface area contributed by atoms with Crippen LogP contribution in [0.2, 0.25) is 0 Å². The number of benzene rings is 1. The van der Waals surface area contributed by atoms with Crippen molar-refractivity contribution in [1.82, 2.24) is 0 Å². The van der Waals surface area contributed by atoms with Crippen LogP contribution < -0.4 is 25.7 Å². The maximum absolute atomic E-state index is 6.35. The second kappa shape index (κ2) is 6.12. The van der Waals surface area contributed by atoms with Gasteiger partial charge in [-0.25, -0.2) is 0 Å². The highest BCUT2D eigenvalue weighted by Gasteiger charge is 2.31. The molecule has 19 heavy (non-hydrogen) atoms. The summed E-state index contributed by atoms with van der Waals surface area (Å²) in [6.07, 6.45) is 0. The predicted molar refractivity (Wildman–Crippen MR) is 75.9 cm³/mol. The molecule has 0 bridgehead atoms. The highest BCUT2D eigenvalue weighted by atomic mass is 16.5. The van der Waals surface area contributed by atoms with Crippen LogP contribution in [0.3, 0.4) is 0 Å². The van der Waals surface area contributed by atoms with Gasteiger partial charge in [-0.05, 0) is 12.0 Å². The summed E-state index contributed by atoms with van der Waals surface area (Å²) in [5.41, 5.74) is 12.7. The summed E-state index contributed by atoms with van der Waals surface area (Å²) in [6.45, 7) is 4.49. The molecule has 0 aliphatic rings. The Balaban J connectivity index is 3.39. The van der Waals surface area contributed by atoms with Crippen molar-refractivity contribution in [3.8, 4) is 17.2 Å². The summed E-state index contributed by atoms with van der Waals surface area (Å²) in [4.78, 5) is 0. The van der Waals surface area contributed by atoms with E-state index < -0.39 is 0 Å². The van der Waals surface area contributed by atoms with E-state index in [2.05, 4.69) is 0 Å². The lowest BCUT2D eigenvalue weighted by molar-refractivity contribution is 0.280. The third kappa shape index (κ3) is 3.11. The molecule has 0 saturated carbocycles. The van der Waals surface area contributed by atoms with Gasteiger partial charge in [-0.15, -0.1) is 0 Å². The van der Waals surface area contributed by atoms with Gasteiger partial charge >= 0.3 is 0 Å². The largest absolute Gasteiger partial charge is 0.496 e. The van der Waals surface area contributed by atoms with E-state index >= 15 is 0 Å². The lowest BCUT2D eigenvalue weighted by atomic mass is 9.80. The van der Waals surface area contributed by atoms with Gasteiger partial charge in [0.15, 0.2) is 0 Å². The third-order valence-electron chi connectivity index (χ3n) is 3.43. The Morgan fingerprint density at radius 2 is 1.53 bits per heavy atom. The Labute approximate surface area is 114 Å². The molecular formula is C14H24N2O3. The standard InChI is InChI=1S/C14H24N2O3/c1-14(2,8-15)13(16)12-10(18-4)6-9(17-3)7-11(12)19-5/h6-7,13H,8,15-16H2,1-5H3. The third-order valence-corrected chi connectivity index (χ3v) is 3.43. The maximum atomic E-state index is 6.35. The van der Waals surface area contributed by atoms with Crippen molar-refractivity contribution in [2.45, 2.75) is 19.9 Å². The van der Waals surface area contributed by atoms with Gasteiger partial charge in [-0.1, -0.05) is 13.8 Å². The molecule has 4 N–H and O–H groups in total. The van der Waals surface area contributed by atoms with Crippen LogP contribution in [0.25, 0.3) is 0 Å². The Kier molecular flexibility index (Phi) is 5.03. The van der Waals surface area contributed by atoms with Gasteiger partial charge in [-0.2, -0.15) is 0 Å². The topological polar surface area (TPSA) is 79.7 Å². The molecule has 0 aliphatic heterocycles. The molecule has 1 aromatic rings. The number of hydrogen-bond acceptors (Lipinski definition) is 5. The van der Waals surface area contributed by atoms with Crippen molar-refractivity contribution in [2.75, 3.05) is 27.9 Å². The second-order valence-corrected chi connectivity index (χ2v) is 5.12. The lowest BCUT2D eigenvalue weighted by Crippen LogP contribution is -2.36. The van der Waals surface area contributed by atoms with E-state index in [1.807, 2.05) is 13.8 Å². The minimum absolute atomic E-state index is 0.269. The first kappa shape index (κ1) is 15.6. The van der Waals surface area contributed by atoms with E-state index in [4.69, 9.17) is 25.7 Å². The summed E-state index contributed by atoms with van der Waals surface area (Å²) in [5, 5.41) is 0. The van der Waals surface area contributed by atoms with Gasteiger partial charge in [0.25, 0.3) is 0 Å². The van der Waals surface area contributed by atoms with Crippen LogP contribution >= 0.6 is 0 Å². The van der Waals surface area contributed by atoms with Crippen molar-refractivity contribution in [3.05, 3.63) is 17.7 Å². The zero-order valence-corrected chi connectivity index (χ0v) is 12.3. The summed E-state index contributed by atoms with van der Waals surface area (Å²) in [7, 11) is 4.79. The first-order chi connectivity index (χ1) is 8.91. The van der Waals surface area contributed by atoms with Crippen molar-refractivity contribution in [1.29, 1.82) is 0 Å². The number of nitrogens with two attached hydrogens (primary N) is 2. The SMILES string of the molecule is COc1cc(OC)c(C(N)C(C)(C)CN)c(OC)c1. The monoisotopic (exact) mass is 268 g/mol. The number of methoxy groups -OCH3 is 3. The Hall–Kier alpha value is -1.46. The second-order valence-electron chi connectivity index (χ2n) is 5.12. The summed E-state index contributed by atoms with van der Waals surface area (Å²) in [6, 6.07) is 3.29. The molecule has 0 aromatic heterocycles. The number of hydrogen-bond donors (Lipinski definition) is 2. The van der Waals surface area contributed by atoms with Gasteiger partial charge in [0.05, 0.1) is 26.9 Å². The van der Waals surface area contributed by atoms with Gasteiger partial charge in [0, 0.05) is 18.2 Å². The van der Waals surface area contributed by atoms with Crippen LogP contribution in [0, 0.1) is 5.41 Å². The number of ether oxygens (including phenoxy) is 3. The van der Waals surface area contributed by atoms with Crippen LogP contribution in [0.15, 0.2) is 12.1 Å². The molecule has 1 aromatic carbocycles. The van der Waals surface area contributed by atoms with Crippen LogP contribution in [0.4, 0.5) is 0 Å². The van der Waals surface area contributed by atoms with Crippen LogP contribution in [0.5, 0.6) is 17.2 Å². The van der Waals surface area contributed by atoms with Crippen molar-refractivity contribution in [3.63, 3.8) is 0 Å². The van der Waals surface area contributed by atoms with Gasteiger partial charge in [0.2, 0.25) is 0 Å². The van der Waals surface area contributed by atoms with E-state index in [-0.39, 0.29) is 11.5 Å². The highest BCUT2D eigenvalue weighted by Crippen LogP contribution is 2.43. The van der Waals surface area contributed by atoms with Crippen LogP contribution in [-0.2, 0) is 0 Å². The quantitative estimate of drug-likeness (QED) is 0.821. The fraction of sp³-hybridized carbons (Fsp3) is 0.571. The summed E-state index contributed by atoms with van der Waals surface area (Å²) < 4.78 is 16.0. The van der Waals surface area contributed by atoms with Crippen molar-refractivity contribution >= 4 is 0 Å². The minimum Gasteiger partial charge on any atom is -0.496 e. The van der Waals surface area contributed by atoms with E-state index in [1.54, 1.807) is 33.5 Å².